The Morgan fingerprint density at radius 1 is 1.27 bits per heavy atom. The molecule has 1 aromatic heterocycles. The molecule has 1 aliphatic heterocycles. The zero-order valence-corrected chi connectivity index (χ0v) is 15.4. The van der Waals surface area contributed by atoms with Gasteiger partial charge in [-0.25, -0.2) is 4.98 Å². The molecule has 1 amide bonds. The fraction of sp³-hybridized carbons (Fsp3) is 0.200. The Bertz CT molecular complexity index is 981. The maximum absolute atomic E-state index is 11.6. The molecule has 0 radical (unpaired) electrons. The molecule has 3 aromatic rings. The number of aromatic nitrogens is 1. The first-order valence-electron chi connectivity index (χ1n) is 8.51. The monoisotopic (exact) mass is 365 g/mol. The molecule has 0 saturated heterocycles. The van der Waals surface area contributed by atoms with E-state index in [1.807, 2.05) is 30.5 Å². The first-order valence-corrected chi connectivity index (χ1v) is 9.39. The number of carbonyl (C=O) groups is 1. The lowest BCUT2D eigenvalue weighted by molar-refractivity contribution is -0.118. The number of aryl methyl sites for hydroxylation is 1. The highest BCUT2D eigenvalue weighted by molar-refractivity contribution is 7.13. The van der Waals surface area contributed by atoms with E-state index >= 15 is 0 Å². The lowest BCUT2D eigenvalue weighted by Crippen LogP contribution is -2.25. The van der Waals surface area contributed by atoms with Crippen LogP contribution in [-0.4, -0.2) is 24.0 Å². The molecule has 0 unspecified atom stereocenters. The first kappa shape index (κ1) is 16.6. The summed E-state index contributed by atoms with van der Waals surface area (Å²) in [6, 6.07) is 12.2. The summed E-state index contributed by atoms with van der Waals surface area (Å²) >= 11 is 1.61. The summed E-state index contributed by atoms with van der Waals surface area (Å²) in [4.78, 5) is 16.4. The molecule has 6 heteroatoms. The van der Waals surface area contributed by atoms with Gasteiger partial charge in [-0.05, 0) is 43.7 Å². The van der Waals surface area contributed by atoms with Gasteiger partial charge in [0.05, 0.1) is 11.4 Å². The van der Waals surface area contributed by atoms with Gasteiger partial charge in [-0.1, -0.05) is 12.1 Å². The molecule has 5 nitrogen and oxygen atoms in total. The minimum atomic E-state index is -0.131. The Hall–Kier alpha value is -2.86. The van der Waals surface area contributed by atoms with Gasteiger partial charge in [0.25, 0.3) is 5.91 Å². The smallest absolute Gasteiger partial charge is 0.262 e. The van der Waals surface area contributed by atoms with Gasteiger partial charge in [0.15, 0.2) is 6.61 Å². The zero-order chi connectivity index (χ0) is 18.1. The summed E-state index contributed by atoms with van der Waals surface area (Å²) in [6.45, 7) is 5.01. The molecule has 0 saturated carbocycles. The van der Waals surface area contributed by atoms with E-state index in [4.69, 9.17) is 9.72 Å². The molecule has 0 aliphatic carbocycles. The number of hydrogen-bond donors (Lipinski definition) is 2. The summed E-state index contributed by atoms with van der Waals surface area (Å²) in [5.41, 5.74) is 5.74. The van der Waals surface area contributed by atoms with Crippen molar-refractivity contribution in [3.63, 3.8) is 0 Å². The van der Waals surface area contributed by atoms with Crippen molar-refractivity contribution in [1.82, 2.24) is 4.98 Å². The van der Waals surface area contributed by atoms with E-state index in [9.17, 15) is 4.79 Å². The lowest BCUT2D eigenvalue weighted by Gasteiger charge is -2.20. The molecule has 0 spiro atoms. The number of nitrogens with zero attached hydrogens (tertiary/aromatic N) is 1. The maximum atomic E-state index is 11.6. The van der Waals surface area contributed by atoms with E-state index in [-0.39, 0.29) is 12.5 Å². The van der Waals surface area contributed by atoms with Gasteiger partial charge in [-0.2, -0.15) is 0 Å². The average Bonchev–Trinajstić information content (AvgIpc) is 3.12. The largest absolute Gasteiger partial charge is 0.481 e. The number of fused-ring (bicyclic) bond motifs is 1. The van der Waals surface area contributed by atoms with Gasteiger partial charge < -0.3 is 15.4 Å². The SMILES string of the molecule is CCNc1cccc(-c2nc(-c3cc(C)c4c(c3)NC(=O)CO4)cs2)c1. The molecule has 1 aliphatic rings. The molecule has 4 rings (SSSR count). The van der Waals surface area contributed by atoms with Crippen LogP contribution in [-0.2, 0) is 4.79 Å². The third-order valence-corrected chi connectivity index (χ3v) is 5.08. The molecule has 2 heterocycles. The number of ether oxygens (including phenoxy) is 1. The number of anilines is 2. The Morgan fingerprint density at radius 3 is 3.00 bits per heavy atom. The molecule has 0 atom stereocenters. The maximum Gasteiger partial charge on any atom is 0.262 e. The van der Waals surface area contributed by atoms with Crippen molar-refractivity contribution in [2.75, 3.05) is 23.8 Å². The highest BCUT2D eigenvalue weighted by atomic mass is 32.1. The molecule has 132 valence electrons. The first-order chi connectivity index (χ1) is 12.6. The minimum absolute atomic E-state index is 0.0656. The van der Waals surface area contributed by atoms with Crippen LogP contribution in [0.3, 0.4) is 0 Å². The van der Waals surface area contributed by atoms with E-state index in [0.717, 1.165) is 45.4 Å². The Kier molecular flexibility index (Phi) is 4.34. The zero-order valence-electron chi connectivity index (χ0n) is 14.6. The number of carbonyl (C=O) groups excluding carboxylic acids is 1. The van der Waals surface area contributed by atoms with Crippen molar-refractivity contribution in [3.05, 3.63) is 47.3 Å². The molecule has 2 N–H and O–H groups in total. The number of rotatable bonds is 4. The van der Waals surface area contributed by atoms with E-state index in [1.165, 1.54) is 0 Å². The van der Waals surface area contributed by atoms with Crippen LogP contribution in [0.5, 0.6) is 5.75 Å². The van der Waals surface area contributed by atoms with Crippen LogP contribution in [0.1, 0.15) is 12.5 Å². The quantitative estimate of drug-likeness (QED) is 0.712. The van der Waals surface area contributed by atoms with Gasteiger partial charge in [0, 0.05) is 28.7 Å². The molecular formula is C20H19N3O2S. The van der Waals surface area contributed by atoms with Crippen molar-refractivity contribution in [2.24, 2.45) is 0 Å². The van der Waals surface area contributed by atoms with Crippen molar-refractivity contribution >= 4 is 28.6 Å². The summed E-state index contributed by atoms with van der Waals surface area (Å²) < 4.78 is 5.53. The second-order valence-corrected chi connectivity index (χ2v) is 7.01. The van der Waals surface area contributed by atoms with Crippen molar-refractivity contribution in [3.8, 4) is 27.6 Å². The van der Waals surface area contributed by atoms with Crippen LogP contribution in [0, 0.1) is 6.92 Å². The van der Waals surface area contributed by atoms with Crippen LogP contribution >= 0.6 is 11.3 Å². The molecule has 26 heavy (non-hydrogen) atoms. The number of amides is 1. The second kappa shape index (κ2) is 6.80. The Morgan fingerprint density at radius 2 is 2.15 bits per heavy atom. The summed E-state index contributed by atoms with van der Waals surface area (Å²) in [5.74, 6) is 0.607. The van der Waals surface area contributed by atoms with Crippen LogP contribution in [0.25, 0.3) is 21.8 Å². The fourth-order valence-electron chi connectivity index (χ4n) is 3.04. The third kappa shape index (κ3) is 3.15. The van der Waals surface area contributed by atoms with E-state index in [2.05, 4.69) is 35.8 Å². The summed E-state index contributed by atoms with van der Waals surface area (Å²) in [5, 5.41) is 9.21. The van der Waals surface area contributed by atoms with Gasteiger partial charge in [0.2, 0.25) is 0 Å². The molecular weight excluding hydrogens is 346 g/mol. The van der Waals surface area contributed by atoms with Crippen LogP contribution < -0.4 is 15.4 Å². The molecule has 2 aromatic carbocycles. The van der Waals surface area contributed by atoms with Crippen molar-refractivity contribution in [1.29, 1.82) is 0 Å². The van der Waals surface area contributed by atoms with E-state index in [0.29, 0.717) is 5.69 Å². The highest BCUT2D eigenvalue weighted by Gasteiger charge is 2.19. The minimum Gasteiger partial charge on any atom is -0.481 e. The normalized spacial score (nSPS) is 12.9. The Labute approximate surface area is 156 Å². The number of hydrogen-bond acceptors (Lipinski definition) is 5. The van der Waals surface area contributed by atoms with Crippen LogP contribution in [0.4, 0.5) is 11.4 Å². The van der Waals surface area contributed by atoms with Gasteiger partial charge in [0.1, 0.15) is 10.8 Å². The van der Waals surface area contributed by atoms with Gasteiger partial charge in [-0.15, -0.1) is 11.3 Å². The number of nitrogens with one attached hydrogen (secondary N) is 2. The van der Waals surface area contributed by atoms with Crippen molar-refractivity contribution < 1.29 is 9.53 Å². The average molecular weight is 365 g/mol. The van der Waals surface area contributed by atoms with Crippen LogP contribution in [0.15, 0.2) is 41.8 Å². The predicted molar refractivity (Wildman–Crippen MR) is 106 cm³/mol. The van der Waals surface area contributed by atoms with Gasteiger partial charge >= 0.3 is 0 Å². The van der Waals surface area contributed by atoms with Crippen LogP contribution in [0.2, 0.25) is 0 Å². The standard InChI is InChI=1S/C20H19N3O2S/c1-3-21-15-6-4-5-13(8-15)20-23-17(11-26-20)14-7-12(2)19-16(9-14)22-18(24)10-25-19/h4-9,11,21H,3,10H2,1-2H3,(H,22,24). The summed E-state index contributed by atoms with van der Waals surface area (Å²) in [6.07, 6.45) is 0. The third-order valence-electron chi connectivity index (χ3n) is 4.19. The van der Waals surface area contributed by atoms with Crippen molar-refractivity contribution in [2.45, 2.75) is 13.8 Å². The lowest BCUT2D eigenvalue weighted by atomic mass is 10.1. The number of thiazole rings is 1. The van der Waals surface area contributed by atoms with E-state index < -0.39 is 0 Å². The predicted octanol–water partition coefficient (Wildman–Crippen LogP) is 4.55. The number of benzene rings is 2. The fourth-order valence-corrected chi connectivity index (χ4v) is 3.86. The Balaban J connectivity index is 1.68. The van der Waals surface area contributed by atoms with E-state index in [1.54, 1.807) is 11.3 Å². The topological polar surface area (TPSA) is 63.2 Å². The molecule has 0 fully saturated rings. The second-order valence-electron chi connectivity index (χ2n) is 6.16. The molecule has 0 bridgehead atoms. The van der Waals surface area contributed by atoms with Gasteiger partial charge in [-0.3, -0.25) is 4.79 Å². The highest BCUT2D eigenvalue weighted by Crippen LogP contribution is 2.37. The summed E-state index contributed by atoms with van der Waals surface area (Å²) in [7, 11) is 0.